The molecule has 2 aromatic rings. The van der Waals surface area contributed by atoms with Crippen molar-refractivity contribution in [2.45, 2.75) is 70.3 Å². The Balaban J connectivity index is 1.90. The SMILES string of the molecule is CCCCCC[C@](O)(c1ccc(OCCCC)cc1)[C@H](CN1CCOCC1)c1ccccc1. The van der Waals surface area contributed by atoms with Crippen LogP contribution in [0.3, 0.4) is 0 Å². The van der Waals surface area contributed by atoms with E-state index in [0.717, 1.165) is 82.9 Å². The molecule has 0 amide bonds. The van der Waals surface area contributed by atoms with E-state index in [2.05, 4.69) is 61.2 Å². The van der Waals surface area contributed by atoms with Crippen molar-refractivity contribution >= 4 is 0 Å². The van der Waals surface area contributed by atoms with E-state index in [1.165, 1.54) is 18.4 Å². The Bertz CT molecular complexity index is 773. The Morgan fingerprint density at radius 1 is 0.909 bits per heavy atom. The summed E-state index contributed by atoms with van der Waals surface area (Å²) in [6.45, 7) is 9.32. The first-order valence-corrected chi connectivity index (χ1v) is 13.0. The van der Waals surface area contributed by atoms with Crippen molar-refractivity contribution in [1.29, 1.82) is 0 Å². The summed E-state index contributed by atoms with van der Waals surface area (Å²) in [4.78, 5) is 2.44. The number of hydrogen-bond acceptors (Lipinski definition) is 4. The van der Waals surface area contributed by atoms with Gasteiger partial charge in [0.25, 0.3) is 0 Å². The van der Waals surface area contributed by atoms with E-state index in [1.807, 2.05) is 12.1 Å². The molecule has 4 nitrogen and oxygen atoms in total. The van der Waals surface area contributed by atoms with Crippen molar-refractivity contribution in [3.63, 3.8) is 0 Å². The van der Waals surface area contributed by atoms with Crippen LogP contribution in [0.25, 0.3) is 0 Å². The van der Waals surface area contributed by atoms with Crippen LogP contribution in [-0.4, -0.2) is 49.5 Å². The van der Waals surface area contributed by atoms with Gasteiger partial charge in [0.2, 0.25) is 0 Å². The molecule has 3 rings (SSSR count). The van der Waals surface area contributed by atoms with Crippen LogP contribution in [-0.2, 0) is 10.3 Å². The summed E-state index contributed by atoms with van der Waals surface area (Å²) in [6.07, 6.45) is 7.50. The van der Waals surface area contributed by atoms with Gasteiger partial charge in [0.1, 0.15) is 5.75 Å². The van der Waals surface area contributed by atoms with Gasteiger partial charge in [0.05, 0.1) is 25.4 Å². The predicted molar refractivity (Wildman–Crippen MR) is 136 cm³/mol. The van der Waals surface area contributed by atoms with Gasteiger partial charge in [-0.1, -0.05) is 88.4 Å². The first-order chi connectivity index (χ1) is 16.2. The number of morpholine rings is 1. The van der Waals surface area contributed by atoms with Gasteiger partial charge in [-0.05, 0) is 36.1 Å². The van der Waals surface area contributed by atoms with Crippen LogP contribution in [0, 0.1) is 0 Å². The molecule has 0 spiro atoms. The average Bonchev–Trinajstić information content (AvgIpc) is 2.87. The standard InChI is InChI=1S/C29H43NO3/c1-3-5-7-11-18-29(31,26-14-16-27(17-15-26)33-21-6-4-2)28(25-12-9-8-10-13-25)24-30-19-22-32-23-20-30/h8-10,12-17,28,31H,3-7,11,18-24H2,1-2H3/t28-,29+/m1/s1. The predicted octanol–water partition coefficient (Wildman–Crippen LogP) is 6.14. The molecule has 0 unspecified atom stereocenters. The van der Waals surface area contributed by atoms with Crippen LogP contribution in [0.15, 0.2) is 54.6 Å². The Morgan fingerprint density at radius 2 is 1.61 bits per heavy atom. The van der Waals surface area contributed by atoms with Gasteiger partial charge in [-0.2, -0.15) is 0 Å². The van der Waals surface area contributed by atoms with Crippen molar-refractivity contribution < 1.29 is 14.6 Å². The zero-order valence-electron chi connectivity index (χ0n) is 20.7. The third-order valence-corrected chi connectivity index (χ3v) is 6.86. The molecule has 1 fully saturated rings. The number of nitrogens with zero attached hydrogens (tertiary/aromatic N) is 1. The van der Waals surface area contributed by atoms with Gasteiger partial charge >= 0.3 is 0 Å². The van der Waals surface area contributed by atoms with Gasteiger partial charge in [-0.25, -0.2) is 0 Å². The molecule has 33 heavy (non-hydrogen) atoms. The lowest BCUT2D eigenvalue weighted by molar-refractivity contribution is -0.0296. The Hall–Kier alpha value is -1.88. The zero-order valence-corrected chi connectivity index (χ0v) is 20.7. The van der Waals surface area contributed by atoms with Crippen LogP contribution in [0.1, 0.15) is 75.8 Å². The minimum atomic E-state index is -0.935. The van der Waals surface area contributed by atoms with Crippen molar-refractivity contribution in [3.8, 4) is 5.75 Å². The minimum absolute atomic E-state index is 0.00899. The van der Waals surface area contributed by atoms with Gasteiger partial charge in [0.15, 0.2) is 0 Å². The van der Waals surface area contributed by atoms with Crippen molar-refractivity contribution in [3.05, 3.63) is 65.7 Å². The fourth-order valence-corrected chi connectivity index (χ4v) is 4.77. The maximum atomic E-state index is 12.4. The molecule has 0 bridgehead atoms. The highest BCUT2D eigenvalue weighted by molar-refractivity contribution is 5.35. The minimum Gasteiger partial charge on any atom is -0.494 e. The molecule has 0 saturated carbocycles. The topological polar surface area (TPSA) is 41.9 Å². The highest BCUT2D eigenvalue weighted by Crippen LogP contribution is 2.42. The van der Waals surface area contributed by atoms with E-state index in [-0.39, 0.29) is 5.92 Å². The van der Waals surface area contributed by atoms with E-state index in [9.17, 15) is 5.11 Å². The zero-order chi connectivity index (χ0) is 23.4. The van der Waals surface area contributed by atoms with Gasteiger partial charge in [-0.15, -0.1) is 0 Å². The molecular formula is C29H43NO3. The van der Waals surface area contributed by atoms with Crippen LogP contribution in [0.2, 0.25) is 0 Å². The lowest BCUT2D eigenvalue weighted by atomic mass is 9.74. The third kappa shape index (κ3) is 7.56. The van der Waals surface area contributed by atoms with Gasteiger partial charge in [0, 0.05) is 25.6 Å². The summed E-state index contributed by atoms with van der Waals surface area (Å²) in [6, 6.07) is 18.8. The lowest BCUT2D eigenvalue weighted by Gasteiger charge is -2.41. The summed E-state index contributed by atoms with van der Waals surface area (Å²) in [7, 11) is 0. The van der Waals surface area contributed by atoms with Crippen LogP contribution in [0.5, 0.6) is 5.75 Å². The summed E-state index contributed by atoms with van der Waals surface area (Å²) in [5, 5.41) is 12.4. The van der Waals surface area contributed by atoms with Crippen LogP contribution in [0.4, 0.5) is 0 Å². The first-order valence-electron chi connectivity index (χ1n) is 13.0. The molecule has 0 aliphatic carbocycles. The number of hydrogen-bond donors (Lipinski definition) is 1. The fourth-order valence-electron chi connectivity index (χ4n) is 4.77. The molecule has 2 atom stereocenters. The number of benzene rings is 2. The molecule has 1 N–H and O–H groups in total. The highest BCUT2D eigenvalue weighted by Gasteiger charge is 2.40. The lowest BCUT2D eigenvalue weighted by Crippen LogP contribution is -2.45. The number of unbranched alkanes of at least 4 members (excludes halogenated alkanes) is 4. The largest absolute Gasteiger partial charge is 0.494 e. The first kappa shape index (κ1) is 25.7. The molecule has 0 aromatic heterocycles. The molecule has 0 radical (unpaired) electrons. The van der Waals surface area contributed by atoms with E-state index in [0.29, 0.717) is 0 Å². The average molecular weight is 454 g/mol. The Morgan fingerprint density at radius 3 is 2.27 bits per heavy atom. The molecule has 4 heteroatoms. The summed E-state index contributed by atoms with van der Waals surface area (Å²) >= 11 is 0. The summed E-state index contributed by atoms with van der Waals surface area (Å²) in [5.74, 6) is 0.871. The second kappa shape index (κ2) is 13.7. The smallest absolute Gasteiger partial charge is 0.119 e. The second-order valence-electron chi connectivity index (χ2n) is 9.34. The number of ether oxygens (including phenoxy) is 2. The quantitative estimate of drug-likeness (QED) is 0.349. The highest BCUT2D eigenvalue weighted by atomic mass is 16.5. The van der Waals surface area contributed by atoms with Gasteiger partial charge in [-0.3, -0.25) is 4.90 Å². The van der Waals surface area contributed by atoms with Gasteiger partial charge < -0.3 is 14.6 Å². The van der Waals surface area contributed by atoms with Crippen LogP contribution >= 0.6 is 0 Å². The van der Waals surface area contributed by atoms with E-state index < -0.39 is 5.60 Å². The number of aliphatic hydroxyl groups is 1. The molecule has 1 heterocycles. The molecule has 182 valence electrons. The Labute approximate surface area is 200 Å². The van der Waals surface area contributed by atoms with E-state index >= 15 is 0 Å². The van der Waals surface area contributed by atoms with Crippen molar-refractivity contribution in [1.82, 2.24) is 4.90 Å². The van der Waals surface area contributed by atoms with Crippen molar-refractivity contribution in [2.24, 2.45) is 0 Å². The third-order valence-electron chi connectivity index (χ3n) is 6.86. The fraction of sp³-hybridized carbons (Fsp3) is 0.586. The summed E-state index contributed by atoms with van der Waals surface area (Å²) < 4.78 is 11.5. The number of rotatable bonds is 14. The van der Waals surface area contributed by atoms with Crippen molar-refractivity contribution in [2.75, 3.05) is 39.5 Å². The normalized spacial score (nSPS) is 17.4. The molecule has 1 aliphatic rings. The van der Waals surface area contributed by atoms with Crippen LogP contribution < -0.4 is 4.74 Å². The maximum absolute atomic E-state index is 12.4. The van der Waals surface area contributed by atoms with E-state index in [4.69, 9.17) is 9.47 Å². The molecule has 1 aliphatic heterocycles. The maximum Gasteiger partial charge on any atom is 0.119 e. The van der Waals surface area contributed by atoms with E-state index in [1.54, 1.807) is 0 Å². The Kier molecular flexibility index (Phi) is 10.7. The second-order valence-corrected chi connectivity index (χ2v) is 9.34. The monoisotopic (exact) mass is 453 g/mol. The molecule has 1 saturated heterocycles. The molecular weight excluding hydrogens is 410 g/mol. The summed E-state index contributed by atoms with van der Waals surface area (Å²) in [5.41, 5.74) is 1.25. The molecule has 2 aromatic carbocycles.